The highest BCUT2D eigenvalue weighted by Crippen LogP contribution is 2.19. The number of hydrogen-bond donors (Lipinski definition) is 2. The number of carbonyl (C=O) groups excluding carboxylic acids is 1. The summed E-state index contributed by atoms with van der Waals surface area (Å²) < 4.78 is 12.8. The summed E-state index contributed by atoms with van der Waals surface area (Å²) in [6.45, 7) is 1.05. The first-order valence-electron chi connectivity index (χ1n) is 6.14. The van der Waals surface area contributed by atoms with Gasteiger partial charge in [0.05, 0.1) is 0 Å². The second-order valence-corrected chi connectivity index (χ2v) is 4.62. The number of piperidine rings is 1. The van der Waals surface area contributed by atoms with Crippen LogP contribution >= 0.6 is 0 Å². The van der Waals surface area contributed by atoms with Crippen molar-refractivity contribution in [2.24, 2.45) is 16.8 Å². The van der Waals surface area contributed by atoms with Gasteiger partial charge >= 0.3 is 0 Å². The van der Waals surface area contributed by atoms with Gasteiger partial charge in [0.15, 0.2) is 0 Å². The second kappa shape index (κ2) is 5.69. The molecule has 2 rings (SSSR count). The van der Waals surface area contributed by atoms with Gasteiger partial charge in [-0.25, -0.2) is 4.39 Å². The molecular weight excluding hydrogens is 249 g/mol. The van der Waals surface area contributed by atoms with Gasteiger partial charge in [0.2, 0.25) is 0 Å². The van der Waals surface area contributed by atoms with E-state index in [4.69, 9.17) is 10.9 Å². The molecule has 0 saturated carbocycles. The lowest BCUT2D eigenvalue weighted by Gasteiger charge is -2.32. The molecule has 0 spiro atoms. The van der Waals surface area contributed by atoms with E-state index in [1.165, 1.54) is 24.3 Å². The van der Waals surface area contributed by atoms with E-state index in [0.29, 0.717) is 18.7 Å². The van der Waals surface area contributed by atoms with Crippen LogP contribution in [-0.4, -0.2) is 34.9 Å². The summed E-state index contributed by atoms with van der Waals surface area (Å²) in [5.74, 6) is -0.500. The van der Waals surface area contributed by atoms with E-state index in [9.17, 15) is 9.18 Å². The van der Waals surface area contributed by atoms with Crippen molar-refractivity contribution in [1.82, 2.24) is 4.90 Å². The summed E-state index contributed by atoms with van der Waals surface area (Å²) in [4.78, 5) is 13.9. The van der Waals surface area contributed by atoms with Crippen LogP contribution in [0.1, 0.15) is 23.2 Å². The topological polar surface area (TPSA) is 78.9 Å². The zero-order chi connectivity index (χ0) is 13.8. The largest absolute Gasteiger partial charge is 0.409 e. The minimum absolute atomic E-state index is 0.122. The number of likely N-dealkylation sites (tertiary alicyclic amines) is 1. The molecule has 102 valence electrons. The fourth-order valence-corrected chi connectivity index (χ4v) is 2.26. The van der Waals surface area contributed by atoms with E-state index in [0.717, 1.165) is 12.8 Å². The first-order valence-corrected chi connectivity index (χ1v) is 6.14. The minimum atomic E-state index is -0.371. The first-order chi connectivity index (χ1) is 9.11. The molecule has 1 heterocycles. The third-order valence-corrected chi connectivity index (χ3v) is 3.33. The summed E-state index contributed by atoms with van der Waals surface area (Å²) in [5.41, 5.74) is 6.03. The molecule has 0 unspecified atom stereocenters. The van der Waals surface area contributed by atoms with E-state index in [-0.39, 0.29) is 23.5 Å². The van der Waals surface area contributed by atoms with Crippen molar-refractivity contribution >= 4 is 11.7 Å². The molecule has 1 aromatic carbocycles. The number of nitrogens with two attached hydrogens (primary N) is 1. The van der Waals surface area contributed by atoms with Gasteiger partial charge in [-0.2, -0.15) is 0 Å². The lowest BCUT2D eigenvalue weighted by atomic mass is 9.96. The molecule has 6 heteroatoms. The predicted octanol–water partition coefficient (Wildman–Crippen LogP) is 1.42. The van der Waals surface area contributed by atoms with Gasteiger partial charge in [-0.05, 0) is 37.1 Å². The van der Waals surface area contributed by atoms with Crippen LogP contribution in [0, 0.1) is 11.7 Å². The van der Waals surface area contributed by atoms with Crippen LogP contribution in [-0.2, 0) is 0 Å². The Bertz CT molecular complexity index is 487. The molecule has 0 radical (unpaired) electrons. The number of hydrogen-bond acceptors (Lipinski definition) is 3. The lowest BCUT2D eigenvalue weighted by molar-refractivity contribution is 0.0701. The number of amides is 1. The Hall–Kier alpha value is -2.11. The van der Waals surface area contributed by atoms with E-state index in [1.807, 2.05) is 0 Å². The maximum Gasteiger partial charge on any atom is 0.253 e. The Morgan fingerprint density at radius 1 is 1.42 bits per heavy atom. The quantitative estimate of drug-likeness (QED) is 0.367. The van der Waals surface area contributed by atoms with Crippen molar-refractivity contribution in [3.8, 4) is 0 Å². The van der Waals surface area contributed by atoms with Crippen molar-refractivity contribution in [3.05, 3.63) is 35.6 Å². The number of rotatable bonds is 2. The van der Waals surface area contributed by atoms with E-state index >= 15 is 0 Å². The van der Waals surface area contributed by atoms with Crippen molar-refractivity contribution in [2.45, 2.75) is 12.8 Å². The normalized spacial score (nSPS) is 20.4. The fourth-order valence-electron chi connectivity index (χ4n) is 2.26. The molecular formula is C13H16FN3O2. The summed E-state index contributed by atoms with van der Waals surface area (Å²) in [6.07, 6.45) is 1.59. The standard InChI is InChI=1S/C13H16FN3O2/c14-11-5-3-9(4-6-11)13(18)17-7-1-2-10(8-17)12(15)16-19/h3-6,10,19H,1-2,7-8H2,(H2,15,16)/t10-/m0/s1. The highest BCUT2D eigenvalue weighted by Gasteiger charge is 2.26. The Balaban J connectivity index is 2.09. The van der Waals surface area contributed by atoms with Gasteiger partial charge in [0.1, 0.15) is 11.7 Å². The van der Waals surface area contributed by atoms with E-state index in [2.05, 4.69) is 5.16 Å². The van der Waals surface area contributed by atoms with Crippen molar-refractivity contribution in [3.63, 3.8) is 0 Å². The highest BCUT2D eigenvalue weighted by atomic mass is 19.1. The van der Waals surface area contributed by atoms with Gasteiger partial charge < -0.3 is 15.8 Å². The molecule has 0 aromatic heterocycles. The Labute approximate surface area is 110 Å². The van der Waals surface area contributed by atoms with Crippen molar-refractivity contribution in [2.75, 3.05) is 13.1 Å². The van der Waals surface area contributed by atoms with Crippen LogP contribution < -0.4 is 5.73 Å². The molecule has 19 heavy (non-hydrogen) atoms. The second-order valence-electron chi connectivity index (χ2n) is 4.62. The summed E-state index contributed by atoms with van der Waals surface area (Å²) in [5, 5.41) is 11.7. The summed E-state index contributed by atoms with van der Waals surface area (Å²) in [7, 11) is 0. The predicted molar refractivity (Wildman–Crippen MR) is 68.4 cm³/mol. The molecule has 1 atom stereocenters. The first kappa shape index (κ1) is 13.3. The zero-order valence-electron chi connectivity index (χ0n) is 10.4. The van der Waals surface area contributed by atoms with Crippen molar-refractivity contribution < 1.29 is 14.4 Å². The third kappa shape index (κ3) is 3.01. The lowest BCUT2D eigenvalue weighted by Crippen LogP contribution is -2.44. The van der Waals surface area contributed by atoms with Gasteiger partial charge in [0.25, 0.3) is 5.91 Å². The van der Waals surface area contributed by atoms with Crippen LogP contribution in [0.25, 0.3) is 0 Å². The molecule has 1 aliphatic rings. The van der Waals surface area contributed by atoms with Crippen molar-refractivity contribution in [1.29, 1.82) is 0 Å². The summed E-state index contributed by atoms with van der Waals surface area (Å²) in [6, 6.07) is 5.45. The average molecular weight is 265 g/mol. The number of benzene rings is 1. The smallest absolute Gasteiger partial charge is 0.253 e. The number of carbonyl (C=O) groups is 1. The number of halogens is 1. The number of amidine groups is 1. The zero-order valence-corrected chi connectivity index (χ0v) is 10.4. The van der Waals surface area contributed by atoms with Crippen LogP contribution in [0.5, 0.6) is 0 Å². The third-order valence-electron chi connectivity index (χ3n) is 3.33. The van der Waals surface area contributed by atoms with Crippen LogP contribution in [0.15, 0.2) is 29.4 Å². The van der Waals surface area contributed by atoms with Gasteiger partial charge in [-0.15, -0.1) is 0 Å². The summed E-state index contributed by atoms with van der Waals surface area (Å²) >= 11 is 0. The van der Waals surface area contributed by atoms with Gasteiger partial charge in [0, 0.05) is 24.6 Å². The molecule has 1 saturated heterocycles. The molecule has 0 bridgehead atoms. The van der Waals surface area contributed by atoms with E-state index in [1.54, 1.807) is 4.90 Å². The number of oxime groups is 1. The molecule has 1 amide bonds. The van der Waals surface area contributed by atoms with Crippen LogP contribution in [0.2, 0.25) is 0 Å². The van der Waals surface area contributed by atoms with Crippen LogP contribution in [0.4, 0.5) is 4.39 Å². The van der Waals surface area contributed by atoms with Gasteiger partial charge in [-0.1, -0.05) is 5.16 Å². The molecule has 1 aliphatic heterocycles. The SMILES string of the molecule is N/C(=N\O)[C@H]1CCCN(C(=O)c2ccc(F)cc2)C1. The Kier molecular flexibility index (Phi) is 3.99. The molecule has 3 N–H and O–H groups in total. The fraction of sp³-hybridized carbons (Fsp3) is 0.385. The van der Waals surface area contributed by atoms with Crippen LogP contribution in [0.3, 0.4) is 0 Å². The Morgan fingerprint density at radius 3 is 2.74 bits per heavy atom. The number of nitrogens with zero attached hydrogens (tertiary/aromatic N) is 2. The van der Waals surface area contributed by atoms with Gasteiger partial charge in [-0.3, -0.25) is 4.79 Å². The maximum absolute atomic E-state index is 12.8. The molecule has 5 nitrogen and oxygen atoms in total. The average Bonchev–Trinajstić information content (AvgIpc) is 2.46. The Morgan fingerprint density at radius 2 is 2.11 bits per heavy atom. The van der Waals surface area contributed by atoms with E-state index < -0.39 is 0 Å². The highest BCUT2D eigenvalue weighted by molar-refractivity contribution is 5.94. The molecule has 0 aliphatic carbocycles. The minimum Gasteiger partial charge on any atom is -0.409 e. The monoisotopic (exact) mass is 265 g/mol. The maximum atomic E-state index is 12.8. The molecule has 1 aromatic rings. The molecule has 1 fully saturated rings.